The van der Waals surface area contributed by atoms with Crippen LogP contribution in [0.15, 0.2) is 36.4 Å². The van der Waals surface area contributed by atoms with Crippen LogP contribution in [0.3, 0.4) is 0 Å². The smallest absolute Gasteiger partial charge is 0.326 e. The molecule has 1 amide bonds. The van der Waals surface area contributed by atoms with Crippen molar-refractivity contribution in [1.29, 1.82) is 0 Å². The molecule has 0 saturated heterocycles. The third-order valence-electron chi connectivity index (χ3n) is 3.27. The van der Waals surface area contributed by atoms with Crippen LogP contribution in [0.2, 0.25) is 0 Å². The maximum Gasteiger partial charge on any atom is 0.326 e. The second-order valence-electron chi connectivity index (χ2n) is 5.40. The first-order chi connectivity index (χ1) is 11.0. The average molecular weight is 317 g/mol. The number of nitrogens with one attached hydrogen (secondary N) is 1. The predicted molar refractivity (Wildman–Crippen MR) is 85.1 cm³/mol. The molecule has 1 aliphatic rings. The molecule has 0 aliphatic carbocycles. The van der Waals surface area contributed by atoms with E-state index in [9.17, 15) is 9.59 Å². The number of rotatable bonds is 6. The van der Waals surface area contributed by atoms with E-state index >= 15 is 0 Å². The quantitative estimate of drug-likeness (QED) is 0.621. The van der Waals surface area contributed by atoms with E-state index in [2.05, 4.69) is 5.32 Å². The van der Waals surface area contributed by atoms with Crippen molar-refractivity contribution < 1.29 is 24.2 Å². The van der Waals surface area contributed by atoms with Crippen molar-refractivity contribution in [3.05, 3.63) is 42.0 Å². The number of benzene rings is 1. The number of carbonyl (C=O) groups excluding carboxylic acids is 1. The summed E-state index contributed by atoms with van der Waals surface area (Å²) in [7, 11) is 0. The molecule has 0 fully saturated rings. The molecule has 0 aromatic heterocycles. The third kappa shape index (κ3) is 4.60. The standard InChI is InChI=1S/C17H19NO5/c1-11(2)16(17(20)21)18-15(19)6-4-3-5-12-7-8-13-14(9-12)23-10-22-13/h3-9,11,16H,10H2,1-2H3,(H,18,19)(H,20,21)/b5-3+,6-4+. The normalized spacial score (nSPS) is 14.6. The highest BCUT2D eigenvalue weighted by atomic mass is 16.7. The van der Waals surface area contributed by atoms with E-state index in [0.717, 1.165) is 5.56 Å². The Labute approximate surface area is 134 Å². The van der Waals surface area contributed by atoms with Gasteiger partial charge in [-0.3, -0.25) is 4.79 Å². The van der Waals surface area contributed by atoms with E-state index in [1.54, 1.807) is 26.0 Å². The molecule has 2 N–H and O–H groups in total. The number of amides is 1. The van der Waals surface area contributed by atoms with Crippen LogP contribution in [0.25, 0.3) is 6.08 Å². The van der Waals surface area contributed by atoms with Crippen LogP contribution in [-0.2, 0) is 9.59 Å². The lowest BCUT2D eigenvalue weighted by atomic mass is 10.0. The topological polar surface area (TPSA) is 84.9 Å². The Hall–Kier alpha value is -2.76. The number of carboxylic acids is 1. The molecular formula is C17H19NO5. The summed E-state index contributed by atoms with van der Waals surface area (Å²) in [6.07, 6.45) is 6.35. The summed E-state index contributed by atoms with van der Waals surface area (Å²) in [5.41, 5.74) is 0.907. The predicted octanol–water partition coefficient (Wildman–Crippen LogP) is 2.21. The second-order valence-corrected chi connectivity index (χ2v) is 5.40. The van der Waals surface area contributed by atoms with Gasteiger partial charge in [0.15, 0.2) is 11.5 Å². The van der Waals surface area contributed by atoms with Crippen molar-refractivity contribution >= 4 is 18.0 Å². The van der Waals surface area contributed by atoms with Crippen molar-refractivity contribution in [2.45, 2.75) is 19.9 Å². The van der Waals surface area contributed by atoms with E-state index in [-0.39, 0.29) is 12.7 Å². The first kappa shape index (κ1) is 16.6. The minimum Gasteiger partial charge on any atom is -0.480 e. The van der Waals surface area contributed by atoms with Crippen molar-refractivity contribution in [1.82, 2.24) is 5.32 Å². The van der Waals surface area contributed by atoms with Gasteiger partial charge in [0.2, 0.25) is 12.7 Å². The van der Waals surface area contributed by atoms with Crippen molar-refractivity contribution in [2.24, 2.45) is 5.92 Å². The summed E-state index contributed by atoms with van der Waals surface area (Å²) in [4.78, 5) is 22.7. The molecule has 1 aliphatic heterocycles. The highest BCUT2D eigenvalue weighted by Gasteiger charge is 2.22. The monoisotopic (exact) mass is 317 g/mol. The van der Waals surface area contributed by atoms with Gasteiger partial charge in [-0.2, -0.15) is 0 Å². The first-order valence-electron chi connectivity index (χ1n) is 7.25. The summed E-state index contributed by atoms with van der Waals surface area (Å²) < 4.78 is 10.5. The Morgan fingerprint density at radius 3 is 2.65 bits per heavy atom. The molecular weight excluding hydrogens is 298 g/mol. The fourth-order valence-corrected chi connectivity index (χ4v) is 2.04. The van der Waals surface area contributed by atoms with Gasteiger partial charge in [-0.15, -0.1) is 0 Å². The lowest BCUT2D eigenvalue weighted by molar-refractivity contribution is -0.142. The highest BCUT2D eigenvalue weighted by Crippen LogP contribution is 2.32. The van der Waals surface area contributed by atoms with Gasteiger partial charge in [-0.1, -0.05) is 38.1 Å². The van der Waals surface area contributed by atoms with Crippen LogP contribution >= 0.6 is 0 Å². The van der Waals surface area contributed by atoms with Gasteiger partial charge in [0.1, 0.15) is 6.04 Å². The zero-order valence-corrected chi connectivity index (χ0v) is 13.0. The lowest BCUT2D eigenvalue weighted by Crippen LogP contribution is -2.43. The number of aliphatic carboxylic acids is 1. The van der Waals surface area contributed by atoms with Crippen LogP contribution in [0.4, 0.5) is 0 Å². The Morgan fingerprint density at radius 2 is 1.96 bits per heavy atom. The number of hydrogen-bond donors (Lipinski definition) is 2. The van der Waals surface area contributed by atoms with E-state index < -0.39 is 17.9 Å². The van der Waals surface area contributed by atoms with Crippen molar-refractivity contribution in [3.8, 4) is 11.5 Å². The maximum atomic E-state index is 11.7. The van der Waals surface area contributed by atoms with Gasteiger partial charge in [0.05, 0.1) is 0 Å². The number of ether oxygens (including phenoxy) is 2. The molecule has 0 bridgehead atoms. The SMILES string of the molecule is CC(C)C(NC(=O)/C=C/C=C/c1ccc2c(c1)OCO2)C(=O)O. The third-order valence-corrected chi connectivity index (χ3v) is 3.27. The minimum atomic E-state index is -1.04. The van der Waals surface area contributed by atoms with Gasteiger partial charge in [0.25, 0.3) is 0 Å². The van der Waals surface area contributed by atoms with Crippen LogP contribution in [0.1, 0.15) is 19.4 Å². The highest BCUT2D eigenvalue weighted by molar-refractivity contribution is 5.91. The molecule has 23 heavy (non-hydrogen) atoms. The molecule has 0 radical (unpaired) electrons. The lowest BCUT2D eigenvalue weighted by Gasteiger charge is -2.16. The van der Waals surface area contributed by atoms with E-state index in [1.807, 2.05) is 24.3 Å². The van der Waals surface area contributed by atoms with Crippen LogP contribution in [0.5, 0.6) is 11.5 Å². The van der Waals surface area contributed by atoms with E-state index in [1.165, 1.54) is 6.08 Å². The number of hydrogen-bond acceptors (Lipinski definition) is 4. The van der Waals surface area contributed by atoms with Gasteiger partial charge in [0, 0.05) is 6.08 Å². The number of allylic oxidation sites excluding steroid dienone is 2. The van der Waals surface area contributed by atoms with Gasteiger partial charge in [-0.05, 0) is 23.6 Å². The summed E-state index contributed by atoms with van der Waals surface area (Å²) in [6.45, 7) is 3.70. The summed E-state index contributed by atoms with van der Waals surface area (Å²) >= 11 is 0. The molecule has 2 rings (SSSR count). The van der Waals surface area contributed by atoms with Gasteiger partial charge >= 0.3 is 5.97 Å². The van der Waals surface area contributed by atoms with Gasteiger partial charge < -0.3 is 19.9 Å². The largest absolute Gasteiger partial charge is 0.480 e. The summed E-state index contributed by atoms with van der Waals surface area (Å²) in [6, 6.07) is 4.63. The number of carbonyl (C=O) groups is 2. The average Bonchev–Trinajstić information content (AvgIpc) is 2.96. The molecule has 6 nitrogen and oxygen atoms in total. The van der Waals surface area contributed by atoms with Crippen LogP contribution < -0.4 is 14.8 Å². The van der Waals surface area contributed by atoms with E-state index in [0.29, 0.717) is 11.5 Å². The molecule has 1 heterocycles. The molecule has 1 atom stereocenters. The van der Waals surface area contributed by atoms with Gasteiger partial charge in [-0.25, -0.2) is 4.79 Å². The Bertz CT molecular complexity index is 648. The fourth-order valence-electron chi connectivity index (χ4n) is 2.04. The molecule has 1 aromatic rings. The Kier molecular flexibility index (Phi) is 5.41. The molecule has 1 unspecified atom stereocenters. The van der Waals surface area contributed by atoms with Crippen molar-refractivity contribution in [3.63, 3.8) is 0 Å². The second kappa shape index (κ2) is 7.49. The molecule has 0 saturated carbocycles. The van der Waals surface area contributed by atoms with E-state index in [4.69, 9.17) is 14.6 Å². The summed E-state index contributed by atoms with van der Waals surface area (Å²) in [5, 5.41) is 11.5. The maximum absolute atomic E-state index is 11.7. The minimum absolute atomic E-state index is 0.186. The zero-order valence-electron chi connectivity index (χ0n) is 13.0. The molecule has 122 valence electrons. The Balaban J connectivity index is 1.90. The summed E-state index contributed by atoms with van der Waals surface area (Å²) in [5.74, 6) is -0.270. The van der Waals surface area contributed by atoms with Crippen molar-refractivity contribution in [2.75, 3.05) is 6.79 Å². The molecule has 6 heteroatoms. The number of carboxylic acid groups (broad SMARTS) is 1. The fraction of sp³-hybridized carbons (Fsp3) is 0.294. The van der Waals surface area contributed by atoms with Crippen LogP contribution in [-0.4, -0.2) is 29.8 Å². The molecule has 0 spiro atoms. The van der Waals surface area contributed by atoms with Crippen LogP contribution in [0, 0.1) is 5.92 Å². The first-order valence-corrected chi connectivity index (χ1v) is 7.25. The Morgan fingerprint density at radius 1 is 1.22 bits per heavy atom. The zero-order chi connectivity index (χ0) is 16.8. The number of fused-ring (bicyclic) bond motifs is 1. The molecule has 1 aromatic carbocycles.